The van der Waals surface area contributed by atoms with Gasteiger partial charge in [0.25, 0.3) is 0 Å². The second-order valence-electron chi connectivity index (χ2n) is 4.78. The van der Waals surface area contributed by atoms with Crippen LogP contribution >= 0.6 is 0 Å². The molecule has 1 rings (SSSR count). The molecule has 1 fully saturated rings. The van der Waals surface area contributed by atoms with E-state index in [0.717, 1.165) is 45.5 Å². The highest BCUT2D eigenvalue weighted by atomic mass is 16.5. The molecule has 1 aliphatic heterocycles. The summed E-state index contributed by atoms with van der Waals surface area (Å²) < 4.78 is 11.0. The lowest BCUT2D eigenvalue weighted by Gasteiger charge is -2.23. The summed E-state index contributed by atoms with van der Waals surface area (Å²) in [6.07, 6.45) is 4.29. The third-order valence-electron chi connectivity index (χ3n) is 2.77. The lowest BCUT2D eigenvalue weighted by molar-refractivity contribution is -0.0336. The second kappa shape index (κ2) is 6.09. The monoisotopic (exact) mass is 211 g/mol. The van der Waals surface area contributed by atoms with Crippen molar-refractivity contribution in [3.05, 3.63) is 0 Å². The van der Waals surface area contributed by atoms with Crippen LogP contribution in [0.2, 0.25) is 0 Å². The first-order valence-corrected chi connectivity index (χ1v) is 5.75. The van der Waals surface area contributed by atoms with Crippen LogP contribution in [-0.4, -0.2) is 25.9 Å². The number of rotatable bonds is 5. The maximum Gasteiger partial charge on any atom is 0.0683 e. The fourth-order valence-corrected chi connectivity index (χ4v) is 1.66. The van der Waals surface area contributed by atoms with Crippen molar-refractivity contribution in [3.8, 4) is 6.07 Å². The van der Waals surface area contributed by atoms with Gasteiger partial charge in [-0.3, -0.25) is 0 Å². The third-order valence-corrected chi connectivity index (χ3v) is 2.77. The first kappa shape index (κ1) is 12.5. The molecular weight excluding hydrogens is 190 g/mol. The largest absolute Gasteiger partial charge is 0.381 e. The summed E-state index contributed by atoms with van der Waals surface area (Å²) in [5, 5.41) is 8.83. The van der Waals surface area contributed by atoms with Crippen LogP contribution < -0.4 is 0 Å². The van der Waals surface area contributed by atoms with Crippen LogP contribution in [0.15, 0.2) is 0 Å². The summed E-state index contributed by atoms with van der Waals surface area (Å²) in [6.45, 7) is 6.38. The van der Waals surface area contributed by atoms with Crippen LogP contribution in [0, 0.1) is 16.7 Å². The van der Waals surface area contributed by atoms with Crippen LogP contribution in [0.5, 0.6) is 0 Å². The zero-order chi connectivity index (χ0) is 11.1. The Bertz CT molecular complexity index is 214. The van der Waals surface area contributed by atoms with E-state index in [0.29, 0.717) is 6.10 Å². The highest BCUT2D eigenvalue weighted by Crippen LogP contribution is 2.21. The van der Waals surface area contributed by atoms with E-state index >= 15 is 0 Å². The Morgan fingerprint density at radius 2 is 2.07 bits per heavy atom. The molecule has 1 heterocycles. The molecule has 3 heteroatoms. The van der Waals surface area contributed by atoms with E-state index in [9.17, 15) is 0 Å². The summed E-state index contributed by atoms with van der Waals surface area (Å²) >= 11 is 0. The number of hydrogen-bond acceptors (Lipinski definition) is 3. The Kier molecular flexibility index (Phi) is 5.07. The molecular formula is C12H21NO2. The third kappa shape index (κ3) is 5.15. The van der Waals surface area contributed by atoms with Gasteiger partial charge < -0.3 is 9.47 Å². The molecule has 0 N–H and O–H groups in total. The lowest BCUT2D eigenvalue weighted by Crippen LogP contribution is -2.24. The Morgan fingerprint density at radius 1 is 1.40 bits per heavy atom. The fourth-order valence-electron chi connectivity index (χ4n) is 1.66. The van der Waals surface area contributed by atoms with Crippen molar-refractivity contribution >= 4 is 0 Å². The van der Waals surface area contributed by atoms with Crippen LogP contribution in [0.4, 0.5) is 0 Å². The van der Waals surface area contributed by atoms with Crippen molar-refractivity contribution in [2.45, 2.75) is 45.6 Å². The molecule has 1 aliphatic rings. The van der Waals surface area contributed by atoms with Crippen LogP contribution in [0.25, 0.3) is 0 Å². The van der Waals surface area contributed by atoms with E-state index < -0.39 is 0 Å². The Morgan fingerprint density at radius 3 is 2.67 bits per heavy atom. The number of nitrogens with zero attached hydrogens (tertiary/aromatic N) is 1. The van der Waals surface area contributed by atoms with Gasteiger partial charge in [-0.1, -0.05) is 0 Å². The SMILES string of the molecule is CC(C)(C#N)CCCOC1CCOCC1. The molecule has 0 aromatic rings. The van der Waals surface area contributed by atoms with E-state index in [1.165, 1.54) is 0 Å². The maximum atomic E-state index is 8.83. The van der Waals surface area contributed by atoms with Crippen molar-refractivity contribution < 1.29 is 9.47 Å². The second-order valence-corrected chi connectivity index (χ2v) is 4.78. The predicted molar refractivity (Wildman–Crippen MR) is 58.4 cm³/mol. The Labute approximate surface area is 92.4 Å². The summed E-state index contributed by atoms with van der Waals surface area (Å²) in [7, 11) is 0. The van der Waals surface area contributed by atoms with Gasteiger partial charge in [-0.05, 0) is 39.5 Å². The van der Waals surface area contributed by atoms with Gasteiger partial charge in [-0.25, -0.2) is 0 Å². The molecule has 15 heavy (non-hydrogen) atoms. The van der Waals surface area contributed by atoms with Crippen molar-refractivity contribution in [2.24, 2.45) is 5.41 Å². The highest BCUT2D eigenvalue weighted by Gasteiger charge is 2.17. The highest BCUT2D eigenvalue weighted by molar-refractivity contribution is 4.91. The molecule has 0 saturated carbocycles. The number of hydrogen-bond donors (Lipinski definition) is 0. The summed E-state index contributed by atoms with van der Waals surface area (Å²) in [4.78, 5) is 0. The van der Waals surface area contributed by atoms with Gasteiger partial charge in [0.1, 0.15) is 0 Å². The lowest BCUT2D eigenvalue weighted by atomic mass is 9.90. The summed E-state index contributed by atoms with van der Waals surface area (Å²) in [5.41, 5.74) is -0.209. The van der Waals surface area contributed by atoms with Gasteiger partial charge in [-0.2, -0.15) is 5.26 Å². The maximum absolute atomic E-state index is 8.83. The minimum atomic E-state index is -0.209. The van der Waals surface area contributed by atoms with E-state index in [2.05, 4.69) is 6.07 Å². The van der Waals surface area contributed by atoms with E-state index in [4.69, 9.17) is 14.7 Å². The van der Waals surface area contributed by atoms with Gasteiger partial charge in [0, 0.05) is 19.8 Å². The average Bonchev–Trinajstić information content (AvgIpc) is 2.26. The van der Waals surface area contributed by atoms with Gasteiger partial charge in [0.2, 0.25) is 0 Å². The van der Waals surface area contributed by atoms with Crippen LogP contribution in [-0.2, 0) is 9.47 Å². The number of nitriles is 1. The van der Waals surface area contributed by atoms with Crippen LogP contribution in [0.1, 0.15) is 39.5 Å². The standard InChI is InChI=1S/C12H21NO2/c1-12(2,10-13)6-3-7-15-11-4-8-14-9-5-11/h11H,3-9H2,1-2H3. The van der Waals surface area contributed by atoms with Crippen molar-refractivity contribution in [2.75, 3.05) is 19.8 Å². The smallest absolute Gasteiger partial charge is 0.0683 e. The van der Waals surface area contributed by atoms with Gasteiger partial charge in [0.05, 0.1) is 17.6 Å². The minimum absolute atomic E-state index is 0.209. The summed E-state index contributed by atoms with van der Waals surface area (Å²) in [6, 6.07) is 2.30. The molecule has 3 nitrogen and oxygen atoms in total. The Balaban J connectivity index is 2.04. The molecule has 0 amide bonds. The van der Waals surface area contributed by atoms with Crippen molar-refractivity contribution in [3.63, 3.8) is 0 Å². The van der Waals surface area contributed by atoms with Crippen LogP contribution in [0.3, 0.4) is 0 Å². The van der Waals surface area contributed by atoms with E-state index in [1.54, 1.807) is 0 Å². The fraction of sp³-hybridized carbons (Fsp3) is 0.917. The number of ether oxygens (including phenoxy) is 2. The first-order valence-electron chi connectivity index (χ1n) is 5.75. The quantitative estimate of drug-likeness (QED) is 0.656. The van der Waals surface area contributed by atoms with Gasteiger partial charge in [-0.15, -0.1) is 0 Å². The molecule has 0 aromatic carbocycles. The topological polar surface area (TPSA) is 42.2 Å². The molecule has 0 aromatic heterocycles. The molecule has 0 unspecified atom stereocenters. The average molecular weight is 211 g/mol. The molecule has 0 radical (unpaired) electrons. The Hall–Kier alpha value is -0.590. The zero-order valence-corrected chi connectivity index (χ0v) is 9.79. The first-order chi connectivity index (χ1) is 7.14. The van der Waals surface area contributed by atoms with E-state index in [-0.39, 0.29) is 5.41 Å². The van der Waals surface area contributed by atoms with Gasteiger partial charge >= 0.3 is 0 Å². The molecule has 0 atom stereocenters. The molecule has 86 valence electrons. The summed E-state index contributed by atoms with van der Waals surface area (Å²) in [5.74, 6) is 0. The molecule has 0 aliphatic carbocycles. The normalized spacial score (nSPS) is 18.7. The van der Waals surface area contributed by atoms with Gasteiger partial charge in [0.15, 0.2) is 0 Å². The van der Waals surface area contributed by atoms with Crippen molar-refractivity contribution in [1.29, 1.82) is 5.26 Å². The minimum Gasteiger partial charge on any atom is -0.381 e. The molecule has 1 saturated heterocycles. The van der Waals surface area contributed by atoms with Crippen molar-refractivity contribution in [1.82, 2.24) is 0 Å². The van der Waals surface area contributed by atoms with E-state index in [1.807, 2.05) is 13.8 Å². The zero-order valence-electron chi connectivity index (χ0n) is 9.79. The molecule has 0 spiro atoms. The molecule has 0 bridgehead atoms. The predicted octanol–water partition coefficient (Wildman–Crippen LogP) is 2.51.